The zero-order valence-electron chi connectivity index (χ0n) is 10.8. The summed E-state index contributed by atoms with van der Waals surface area (Å²) in [6, 6.07) is 11.2. The lowest BCUT2D eigenvalue weighted by molar-refractivity contribution is 0.103. The third-order valence-electron chi connectivity index (χ3n) is 3.53. The number of nitrogen functional groups attached to an aromatic ring is 1. The van der Waals surface area contributed by atoms with Gasteiger partial charge in [0.25, 0.3) is 0 Å². The minimum atomic E-state index is 0.00130. The van der Waals surface area contributed by atoms with E-state index in [0.29, 0.717) is 30.0 Å². The quantitative estimate of drug-likeness (QED) is 0.661. The molecular weight excluding hydrogens is 238 g/mol. The highest BCUT2D eigenvalue weighted by molar-refractivity contribution is 6.09. The molecule has 0 saturated carbocycles. The molecule has 2 aromatic carbocycles. The average molecular weight is 253 g/mol. The highest BCUT2D eigenvalue weighted by Crippen LogP contribution is 2.23. The first-order valence-corrected chi connectivity index (χ1v) is 6.25. The highest BCUT2D eigenvalue weighted by atomic mass is 16.5. The molecule has 1 aliphatic rings. The summed E-state index contributed by atoms with van der Waals surface area (Å²) >= 11 is 0. The number of anilines is 1. The summed E-state index contributed by atoms with van der Waals surface area (Å²) in [6.07, 6.45) is 0. The Labute approximate surface area is 112 Å². The first-order chi connectivity index (χ1) is 9.15. The second-order valence-electron chi connectivity index (χ2n) is 4.88. The second kappa shape index (κ2) is 4.52. The summed E-state index contributed by atoms with van der Waals surface area (Å²) < 4.78 is 5.36. The van der Waals surface area contributed by atoms with Crippen LogP contribution in [0, 0.1) is 6.92 Å². The van der Waals surface area contributed by atoms with Gasteiger partial charge in [0.2, 0.25) is 0 Å². The number of aryl methyl sites for hydroxylation is 1. The number of fused-ring (bicyclic) bond motifs is 1. The molecular formula is C16H15NO2. The first kappa shape index (κ1) is 11.9. The fourth-order valence-corrected chi connectivity index (χ4v) is 2.26. The van der Waals surface area contributed by atoms with E-state index in [2.05, 4.69) is 0 Å². The predicted octanol–water partition coefficient (Wildman–Crippen LogP) is 2.84. The lowest BCUT2D eigenvalue weighted by atomic mass is 9.98. The minimum Gasteiger partial charge on any atom is -0.398 e. The Morgan fingerprint density at radius 1 is 1.05 bits per heavy atom. The molecule has 96 valence electrons. The monoisotopic (exact) mass is 253 g/mol. The molecule has 0 atom stereocenters. The van der Waals surface area contributed by atoms with Crippen LogP contribution < -0.4 is 5.73 Å². The largest absolute Gasteiger partial charge is 0.398 e. The third-order valence-corrected chi connectivity index (χ3v) is 3.53. The van der Waals surface area contributed by atoms with E-state index >= 15 is 0 Å². The van der Waals surface area contributed by atoms with Gasteiger partial charge < -0.3 is 10.5 Å². The lowest BCUT2D eigenvalue weighted by Gasteiger charge is -2.06. The first-order valence-electron chi connectivity index (χ1n) is 6.25. The van der Waals surface area contributed by atoms with Gasteiger partial charge in [-0.3, -0.25) is 4.79 Å². The normalized spacial score (nSPS) is 13.3. The molecule has 0 fully saturated rings. The number of hydrogen-bond donors (Lipinski definition) is 1. The van der Waals surface area contributed by atoms with Crippen LogP contribution in [-0.4, -0.2) is 5.78 Å². The van der Waals surface area contributed by atoms with Crippen molar-refractivity contribution in [2.24, 2.45) is 0 Å². The molecule has 2 aromatic rings. The number of ketones is 1. The molecule has 0 amide bonds. The van der Waals surface area contributed by atoms with Gasteiger partial charge in [0.1, 0.15) is 0 Å². The zero-order chi connectivity index (χ0) is 13.4. The third kappa shape index (κ3) is 2.13. The van der Waals surface area contributed by atoms with Crippen LogP contribution in [0.5, 0.6) is 0 Å². The summed E-state index contributed by atoms with van der Waals surface area (Å²) in [7, 11) is 0. The number of ether oxygens (including phenoxy) is 1. The maximum absolute atomic E-state index is 12.4. The number of hydrogen-bond acceptors (Lipinski definition) is 3. The molecule has 1 aliphatic heterocycles. The SMILES string of the molecule is Cc1ccc(C(=O)c2ccc3c(c2)COC3)cc1N. The van der Waals surface area contributed by atoms with Crippen molar-refractivity contribution in [2.75, 3.05) is 5.73 Å². The molecule has 3 nitrogen and oxygen atoms in total. The van der Waals surface area contributed by atoms with Crippen molar-refractivity contribution >= 4 is 11.5 Å². The fraction of sp³-hybridized carbons (Fsp3) is 0.188. The van der Waals surface area contributed by atoms with Gasteiger partial charge in [-0.05, 0) is 35.7 Å². The molecule has 0 saturated heterocycles. The van der Waals surface area contributed by atoms with Crippen molar-refractivity contribution in [3.8, 4) is 0 Å². The molecule has 1 heterocycles. The van der Waals surface area contributed by atoms with E-state index in [1.54, 1.807) is 6.07 Å². The van der Waals surface area contributed by atoms with E-state index in [-0.39, 0.29) is 5.78 Å². The van der Waals surface area contributed by atoms with Crippen LogP contribution in [0.1, 0.15) is 32.6 Å². The van der Waals surface area contributed by atoms with Crippen LogP contribution in [0.4, 0.5) is 5.69 Å². The Hall–Kier alpha value is -2.13. The van der Waals surface area contributed by atoms with Crippen LogP contribution in [-0.2, 0) is 18.0 Å². The van der Waals surface area contributed by atoms with E-state index in [0.717, 1.165) is 11.1 Å². The van der Waals surface area contributed by atoms with Gasteiger partial charge >= 0.3 is 0 Å². The van der Waals surface area contributed by atoms with Gasteiger partial charge in [0.05, 0.1) is 13.2 Å². The van der Waals surface area contributed by atoms with Gasteiger partial charge in [-0.1, -0.05) is 24.3 Å². The maximum Gasteiger partial charge on any atom is 0.193 e. The summed E-state index contributed by atoms with van der Waals surface area (Å²) in [5.41, 5.74) is 11.1. The van der Waals surface area contributed by atoms with E-state index in [1.807, 2.05) is 37.3 Å². The Morgan fingerprint density at radius 3 is 2.53 bits per heavy atom. The van der Waals surface area contributed by atoms with Gasteiger partial charge in [-0.2, -0.15) is 0 Å². The molecule has 3 rings (SSSR count). The van der Waals surface area contributed by atoms with Crippen LogP contribution in [0.15, 0.2) is 36.4 Å². The molecule has 0 aliphatic carbocycles. The highest BCUT2D eigenvalue weighted by Gasteiger charge is 2.15. The Balaban J connectivity index is 1.97. The number of nitrogens with two attached hydrogens (primary N) is 1. The molecule has 0 aromatic heterocycles. The van der Waals surface area contributed by atoms with Crippen molar-refractivity contribution < 1.29 is 9.53 Å². The zero-order valence-corrected chi connectivity index (χ0v) is 10.8. The summed E-state index contributed by atoms with van der Waals surface area (Å²) in [5.74, 6) is 0.00130. The standard InChI is InChI=1S/C16H15NO2/c1-10-2-3-12(7-15(10)17)16(18)11-4-5-13-8-19-9-14(13)6-11/h2-7H,8-9,17H2,1H3. The number of carbonyl (C=O) groups excluding carboxylic acids is 1. The molecule has 0 bridgehead atoms. The van der Waals surface area contributed by atoms with Gasteiger partial charge in [0.15, 0.2) is 5.78 Å². The van der Waals surface area contributed by atoms with E-state index in [1.165, 1.54) is 5.56 Å². The van der Waals surface area contributed by atoms with Crippen molar-refractivity contribution in [3.63, 3.8) is 0 Å². The van der Waals surface area contributed by atoms with Crippen LogP contribution in [0.2, 0.25) is 0 Å². The van der Waals surface area contributed by atoms with Crippen molar-refractivity contribution in [2.45, 2.75) is 20.1 Å². The Morgan fingerprint density at radius 2 is 1.74 bits per heavy atom. The Kier molecular flexibility index (Phi) is 2.84. The second-order valence-corrected chi connectivity index (χ2v) is 4.88. The van der Waals surface area contributed by atoms with Crippen molar-refractivity contribution in [1.29, 1.82) is 0 Å². The number of carbonyl (C=O) groups is 1. The number of benzene rings is 2. The predicted molar refractivity (Wildman–Crippen MR) is 74.0 cm³/mol. The summed E-state index contributed by atoms with van der Waals surface area (Å²) in [6.45, 7) is 3.16. The molecule has 2 N–H and O–H groups in total. The number of rotatable bonds is 2. The molecule has 0 radical (unpaired) electrons. The van der Waals surface area contributed by atoms with E-state index < -0.39 is 0 Å². The smallest absolute Gasteiger partial charge is 0.193 e. The lowest BCUT2D eigenvalue weighted by Crippen LogP contribution is -2.03. The van der Waals surface area contributed by atoms with Crippen LogP contribution in [0.25, 0.3) is 0 Å². The topological polar surface area (TPSA) is 52.3 Å². The van der Waals surface area contributed by atoms with Crippen molar-refractivity contribution in [3.05, 3.63) is 64.2 Å². The molecule has 3 heteroatoms. The average Bonchev–Trinajstić information content (AvgIpc) is 2.88. The summed E-state index contributed by atoms with van der Waals surface area (Å²) in [5, 5.41) is 0. The van der Waals surface area contributed by atoms with E-state index in [4.69, 9.17) is 10.5 Å². The van der Waals surface area contributed by atoms with Crippen LogP contribution in [0.3, 0.4) is 0 Å². The van der Waals surface area contributed by atoms with E-state index in [9.17, 15) is 4.79 Å². The fourth-order valence-electron chi connectivity index (χ4n) is 2.26. The maximum atomic E-state index is 12.4. The Bertz CT molecular complexity index is 662. The van der Waals surface area contributed by atoms with Gasteiger partial charge in [-0.15, -0.1) is 0 Å². The van der Waals surface area contributed by atoms with Crippen molar-refractivity contribution in [1.82, 2.24) is 0 Å². The summed E-state index contributed by atoms with van der Waals surface area (Å²) in [4.78, 5) is 12.4. The molecule has 0 unspecified atom stereocenters. The van der Waals surface area contributed by atoms with Gasteiger partial charge in [-0.25, -0.2) is 0 Å². The molecule has 19 heavy (non-hydrogen) atoms. The van der Waals surface area contributed by atoms with Gasteiger partial charge in [0, 0.05) is 16.8 Å². The molecule has 0 spiro atoms. The van der Waals surface area contributed by atoms with Crippen LogP contribution >= 0.6 is 0 Å². The minimum absolute atomic E-state index is 0.00130.